The van der Waals surface area contributed by atoms with Gasteiger partial charge in [-0.05, 0) is 25.0 Å². The van der Waals surface area contributed by atoms with E-state index in [1.54, 1.807) is 24.3 Å². The molecular weight excluding hydrogens is 352 g/mol. The third kappa shape index (κ3) is 3.93. The third-order valence-corrected chi connectivity index (χ3v) is 5.20. The van der Waals surface area contributed by atoms with Crippen LogP contribution >= 0.6 is 11.3 Å². The largest absolute Gasteiger partial charge is 0.300 e. The van der Waals surface area contributed by atoms with Crippen molar-refractivity contribution in [3.63, 3.8) is 0 Å². The Morgan fingerprint density at radius 3 is 2.73 bits per heavy atom. The predicted molar refractivity (Wildman–Crippen MR) is 100 cm³/mol. The molecule has 0 aliphatic heterocycles. The summed E-state index contributed by atoms with van der Waals surface area (Å²) in [5.41, 5.74) is 0.288. The summed E-state index contributed by atoms with van der Waals surface area (Å²) in [6.07, 6.45) is 2.08. The van der Waals surface area contributed by atoms with Crippen molar-refractivity contribution in [3.05, 3.63) is 39.6 Å². The molecule has 0 fully saturated rings. The Labute approximate surface area is 154 Å². The van der Waals surface area contributed by atoms with Gasteiger partial charge in [-0.25, -0.2) is 4.68 Å². The van der Waals surface area contributed by atoms with Crippen LogP contribution in [-0.4, -0.2) is 31.1 Å². The molecule has 1 N–H and O–H groups in total. The fraction of sp³-hybridized carbons (Fsp3) is 0.412. The van der Waals surface area contributed by atoms with Gasteiger partial charge in [0, 0.05) is 12.3 Å². The first-order chi connectivity index (χ1) is 12.6. The number of anilines is 1. The molecule has 1 amide bonds. The van der Waals surface area contributed by atoms with E-state index in [-0.39, 0.29) is 24.4 Å². The van der Waals surface area contributed by atoms with Crippen molar-refractivity contribution in [1.29, 1.82) is 0 Å². The molecule has 26 heavy (non-hydrogen) atoms. The van der Waals surface area contributed by atoms with Crippen LogP contribution in [0.2, 0.25) is 0 Å². The molecule has 1 aromatic carbocycles. The van der Waals surface area contributed by atoms with Crippen LogP contribution in [0.15, 0.2) is 29.1 Å². The number of hydrogen-bond donors (Lipinski definition) is 1. The van der Waals surface area contributed by atoms with E-state index in [1.807, 2.05) is 0 Å². The van der Waals surface area contributed by atoms with Crippen LogP contribution < -0.4 is 10.9 Å². The van der Waals surface area contributed by atoms with Crippen molar-refractivity contribution in [2.45, 2.75) is 45.6 Å². The molecule has 8 nitrogen and oxygen atoms in total. The lowest BCUT2D eigenvalue weighted by molar-refractivity contribution is -0.116. The Morgan fingerprint density at radius 1 is 1.19 bits per heavy atom. The molecule has 136 valence electrons. The molecule has 3 rings (SSSR count). The smallest absolute Gasteiger partial charge is 0.277 e. The number of amides is 1. The molecule has 2 aromatic heterocycles. The van der Waals surface area contributed by atoms with Crippen LogP contribution in [0, 0.1) is 0 Å². The number of aromatic nitrogens is 5. The molecule has 0 spiro atoms. The SMILES string of the molecule is CCC(CC)c1nnc(NC(=O)CCn2nnc3ccccc3c2=O)s1. The number of nitrogens with one attached hydrogen (secondary N) is 1. The first kappa shape index (κ1) is 18.1. The Balaban J connectivity index is 1.63. The number of fused-ring (bicyclic) bond motifs is 1. The molecule has 3 aromatic rings. The number of benzene rings is 1. The highest BCUT2D eigenvalue weighted by molar-refractivity contribution is 7.15. The number of nitrogens with zero attached hydrogens (tertiary/aromatic N) is 5. The zero-order valence-electron chi connectivity index (χ0n) is 14.7. The highest BCUT2D eigenvalue weighted by atomic mass is 32.1. The lowest BCUT2D eigenvalue weighted by Crippen LogP contribution is -2.26. The molecule has 0 aliphatic carbocycles. The number of rotatable bonds is 7. The van der Waals surface area contributed by atoms with Crippen molar-refractivity contribution in [3.8, 4) is 0 Å². The number of aryl methyl sites for hydroxylation is 1. The highest BCUT2D eigenvalue weighted by Gasteiger charge is 2.15. The van der Waals surface area contributed by atoms with E-state index in [1.165, 1.54) is 16.0 Å². The maximum Gasteiger partial charge on any atom is 0.277 e. The molecule has 0 radical (unpaired) electrons. The lowest BCUT2D eigenvalue weighted by Gasteiger charge is -2.06. The number of hydrogen-bond acceptors (Lipinski definition) is 7. The monoisotopic (exact) mass is 372 g/mol. The number of carbonyl (C=O) groups is 1. The van der Waals surface area contributed by atoms with E-state index in [0.29, 0.717) is 22.0 Å². The average Bonchev–Trinajstić information content (AvgIpc) is 3.10. The fourth-order valence-corrected chi connectivity index (χ4v) is 3.67. The van der Waals surface area contributed by atoms with Crippen molar-refractivity contribution in [1.82, 2.24) is 25.2 Å². The van der Waals surface area contributed by atoms with Crippen molar-refractivity contribution in [2.24, 2.45) is 0 Å². The van der Waals surface area contributed by atoms with Crippen LogP contribution in [0.25, 0.3) is 10.9 Å². The van der Waals surface area contributed by atoms with E-state index < -0.39 is 0 Å². The minimum atomic E-state index is -0.254. The van der Waals surface area contributed by atoms with Crippen LogP contribution in [0.4, 0.5) is 5.13 Å². The normalized spacial score (nSPS) is 11.2. The van der Waals surface area contributed by atoms with E-state index in [2.05, 4.69) is 39.7 Å². The van der Waals surface area contributed by atoms with Gasteiger partial charge in [-0.15, -0.1) is 15.3 Å². The van der Waals surface area contributed by atoms with E-state index in [9.17, 15) is 9.59 Å². The van der Waals surface area contributed by atoms with Crippen molar-refractivity contribution >= 4 is 33.3 Å². The van der Waals surface area contributed by atoms with Crippen molar-refractivity contribution < 1.29 is 4.79 Å². The minimum absolute atomic E-state index is 0.104. The van der Waals surface area contributed by atoms with Crippen LogP contribution in [0.3, 0.4) is 0 Å². The fourth-order valence-electron chi connectivity index (χ4n) is 2.65. The summed E-state index contributed by atoms with van der Waals surface area (Å²) in [7, 11) is 0. The molecule has 9 heteroatoms. The predicted octanol–water partition coefficient (Wildman–Crippen LogP) is 2.58. The van der Waals surface area contributed by atoms with E-state index >= 15 is 0 Å². The molecule has 0 bridgehead atoms. The second-order valence-corrected chi connectivity index (χ2v) is 6.90. The summed E-state index contributed by atoms with van der Waals surface area (Å²) >= 11 is 1.39. The summed E-state index contributed by atoms with van der Waals surface area (Å²) in [4.78, 5) is 24.5. The number of carbonyl (C=O) groups excluding carboxylic acids is 1. The summed E-state index contributed by atoms with van der Waals surface area (Å²) in [5.74, 6) is 0.128. The molecule has 0 saturated carbocycles. The van der Waals surface area contributed by atoms with Crippen LogP contribution in [0.5, 0.6) is 0 Å². The first-order valence-corrected chi connectivity index (χ1v) is 9.39. The van der Waals surface area contributed by atoms with E-state index in [0.717, 1.165) is 17.8 Å². The van der Waals surface area contributed by atoms with Crippen LogP contribution in [0.1, 0.15) is 44.0 Å². The molecule has 0 unspecified atom stereocenters. The van der Waals surface area contributed by atoms with Gasteiger partial charge in [0.05, 0.1) is 11.9 Å². The third-order valence-electron chi connectivity index (χ3n) is 4.20. The maximum absolute atomic E-state index is 12.4. The maximum atomic E-state index is 12.4. The Bertz CT molecular complexity index is 963. The van der Waals surface area contributed by atoms with Gasteiger partial charge in [-0.3, -0.25) is 9.59 Å². The van der Waals surface area contributed by atoms with Gasteiger partial charge in [-0.2, -0.15) is 0 Å². The zero-order chi connectivity index (χ0) is 18.5. The second kappa shape index (κ2) is 8.13. The van der Waals surface area contributed by atoms with Crippen molar-refractivity contribution in [2.75, 3.05) is 5.32 Å². The molecule has 0 atom stereocenters. The lowest BCUT2D eigenvalue weighted by atomic mass is 10.1. The average molecular weight is 372 g/mol. The molecule has 0 aliphatic rings. The van der Waals surface area contributed by atoms with Gasteiger partial charge < -0.3 is 5.32 Å². The van der Waals surface area contributed by atoms with Gasteiger partial charge in [0.15, 0.2) is 0 Å². The highest BCUT2D eigenvalue weighted by Crippen LogP contribution is 2.28. The van der Waals surface area contributed by atoms with Gasteiger partial charge in [0.2, 0.25) is 11.0 Å². The van der Waals surface area contributed by atoms with Gasteiger partial charge in [0.1, 0.15) is 10.5 Å². The van der Waals surface area contributed by atoms with Gasteiger partial charge >= 0.3 is 0 Å². The molecule has 2 heterocycles. The quantitative estimate of drug-likeness (QED) is 0.684. The molecule has 0 saturated heterocycles. The summed E-state index contributed by atoms with van der Waals surface area (Å²) in [6.45, 7) is 4.37. The Hall–Kier alpha value is -2.68. The summed E-state index contributed by atoms with van der Waals surface area (Å²) in [6, 6.07) is 7.00. The van der Waals surface area contributed by atoms with Crippen LogP contribution in [-0.2, 0) is 11.3 Å². The zero-order valence-corrected chi connectivity index (χ0v) is 15.5. The second-order valence-electron chi connectivity index (χ2n) is 5.89. The molecular formula is C17H20N6O2S. The topological polar surface area (TPSA) is 103 Å². The van der Waals surface area contributed by atoms with Gasteiger partial charge in [0.25, 0.3) is 5.56 Å². The summed E-state index contributed by atoms with van der Waals surface area (Å²) in [5, 5.41) is 20.7. The summed E-state index contributed by atoms with van der Waals surface area (Å²) < 4.78 is 1.21. The Kier molecular flexibility index (Phi) is 5.67. The minimum Gasteiger partial charge on any atom is -0.300 e. The van der Waals surface area contributed by atoms with E-state index in [4.69, 9.17) is 0 Å². The first-order valence-electron chi connectivity index (χ1n) is 8.58. The van der Waals surface area contributed by atoms with Gasteiger partial charge in [-0.1, -0.05) is 42.5 Å². The Morgan fingerprint density at radius 2 is 1.96 bits per heavy atom. The standard InChI is InChI=1S/C17H20N6O2S/c1-3-11(4-2)15-20-21-17(26-15)18-14(24)9-10-23-16(25)12-7-5-6-8-13(12)19-22-23/h5-8,11H,3-4,9-10H2,1-2H3,(H,18,21,24).